The minimum Gasteiger partial charge on any atom is -0.245 e. The Morgan fingerprint density at radius 3 is 2.38 bits per heavy atom. The maximum Gasteiger partial charge on any atom is 0.139 e. The van der Waals surface area contributed by atoms with Crippen LogP contribution in [0.4, 0.5) is 0 Å². The van der Waals surface area contributed by atoms with E-state index in [1.807, 2.05) is 0 Å². The van der Waals surface area contributed by atoms with Gasteiger partial charge in [-0.25, -0.2) is 4.58 Å². The molecular weight excluding hydrogens is 99.1 g/mol. The quantitative estimate of drug-likeness (QED) is 0.227. The van der Waals surface area contributed by atoms with Gasteiger partial charge in [-0.15, -0.1) is 0 Å². The molecule has 0 aliphatic carbocycles. The predicted molar refractivity (Wildman–Crippen MR) is 37.7 cm³/mol. The van der Waals surface area contributed by atoms with Crippen LogP contribution in [0.15, 0.2) is 0 Å². The van der Waals surface area contributed by atoms with E-state index >= 15 is 0 Å². The Labute approximate surface area is 52.0 Å². The molecule has 0 saturated heterocycles. The smallest absolute Gasteiger partial charge is 0.139 e. The topological polar surface area (TPSA) is 3.01 Å². The zero-order valence-electron chi connectivity index (χ0n) is 6.15. The Morgan fingerprint density at radius 1 is 1.38 bits per heavy atom. The van der Waals surface area contributed by atoms with Gasteiger partial charge in [-0.3, -0.25) is 0 Å². The molecule has 0 N–H and O–H groups in total. The van der Waals surface area contributed by atoms with Gasteiger partial charge >= 0.3 is 0 Å². The second-order valence-corrected chi connectivity index (χ2v) is 2.29. The lowest BCUT2D eigenvalue weighted by molar-refractivity contribution is -0.460. The van der Waals surface area contributed by atoms with Crippen LogP contribution in [0.3, 0.4) is 0 Å². The van der Waals surface area contributed by atoms with Crippen molar-refractivity contribution in [1.82, 2.24) is 0 Å². The van der Waals surface area contributed by atoms with Crippen molar-refractivity contribution in [3.05, 3.63) is 0 Å². The number of unbranched alkanes of at least 4 members (excludes halogenated alkanes) is 2. The van der Waals surface area contributed by atoms with Crippen molar-refractivity contribution in [2.75, 3.05) is 14.1 Å². The van der Waals surface area contributed by atoms with Gasteiger partial charge in [-0.2, -0.15) is 0 Å². The van der Waals surface area contributed by atoms with Gasteiger partial charge in [0.2, 0.25) is 0 Å². The molecule has 0 aromatic rings. The number of hydrogen-bond donors (Lipinski definition) is 0. The highest BCUT2D eigenvalue weighted by Gasteiger charge is 1.82. The molecule has 0 atom stereocenters. The zero-order valence-corrected chi connectivity index (χ0v) is 6.15. The highest BCUT2D eigenvalue weighted by atomic mass is 14.9. The molecule has 0 aliphatic rings. The zero-order chi connectivity index (χ0) is 6.41. The first kappa shape index (κ1) is 7.67. The molecule has 0 bridgehead atoms. The highest BCUT2D eigenvalue weighted by molar-refractivity contribution is 5.50. The summed E-state index contributed by atoms with van der Waals surface area (Å²) >= 11 is 0. The van der Waals surface area contributed by atoms with Crippen molar-refractivity contribution < 1.29 is 4.58 Å². The standard InChI is InChI=1S/C7H16N/c1-4-5-6-7-8(2)3/h7H,4-6H2,1-3H3/q+1/i1+1. The fourth-order valence-corrected chi connectivity index (χ4v) is 0.554. The van der Waals surface area contributed by atoms with Crippen LogP contribution >= 0.6 is 0 Å². The molecule has 0 radical (unpaired) electrons. The van der Waals surface area contributed by atoms with Gasteiger partial charge in [0.1, 0.15) is 20.3 Å². The molecule has 1 heteroatoms. The molecule has 0 spiro atoms. The Balaban J connectivity index is 3.03. The molecule has 0 aromatic heterocycles. The maximum atomic E-state index is 2.21. The summed E-state index contributed by atoms with van der Waals surface area (Å²) in [5.41, 5.74) is 0. The number of rotatable bonds is 3. The number of nitrogens with zero attached hydrogens (tertiary/aromatic N) is 1. The molecule has 0 fully saturated rings. The monoisotopic (exact) mass is 115 g/mol. The van der Waals surface area contributed by atoms with E-state index in [0.29, 0.717) is 0 Å². The van der Waals surface area contributed by atoms with E-state index < -0.39 is 0 Å². The number of hydrogen-bond acceptors (Lipinski definition) is 0. The Morgan fingerprint density at radius 2 is 2.00 bits per heavy atom. The van der Waals surface area contributed by atoms with Crippen molar-refractivity contribution in [3.8, 4) is 0 Å². The Bertz CT molecular complexity index is 70.5. The molecule has 0 heterocycles. The molecule has 48 valence electrons. The van der Waals surface area contributed by atoms with Gasteiger partial charge in [0.25, 0.3) is 0 Å². The molecule has 0 unspecified atom stereocenters. The predicted octanol–water partition coefficient (Wildman–Crippen LogP) is 1.52. The SMILES string of the molecule is C[N+](C)=CCCC[13CH3]. The van der Waals surface area contributed by atoms with E-state index in [-0.39, 0.29) is 0 Å². The van der Waals surface area contributed by atoms with E-state index in [0.717, 1.165) is 0 Å². The second-order valence-electron chi connectivity index (χ2n) is 2.29. The molecule has 0 aliphatic heterocycles. The molecular formula is C7H16N+. The van der Waals surface area contributed by atoms with Gasteiger partial charge in [-0.1, -0.05) is 13.3 Å². The minimum atomic E-state index is 1.23. The van der Waals surface area contributed by atoms with Crippen LogP contribution in [0, 0.1) is 0 Å². The fourth-order valence-electron chi connectivity index (χ4n) is 0.554. The molecule has 0 rings (SSSR count). The average Bonchev–Trinajstić information content (AvgIpc) is 1.66. The summed E-state index contributed by atoms with van der Waals surface area (Å²) in [7, 11) is 4.13. The van der Waals surface area contributed by atoms with Crippen molar-refractivity contribution >= 4 is 6.21 Å². The van der Waals surface area contributed by atoms with Gasteiger partial charge in [0, 0.05) is 6.42 Å². The van der Waals surface area contributed by atoms with Gasteiger partial charge < -0.3 is 0 Å². The van der Waals surface area contributed by atoms with Crippen molar-refractivity contribution in [1.29, 1.82) is 0 Å². The Hall–Kier alpha value is -0.330. The fraction of sp³-hybridized carbons (Fsp3) is 0.857. The summed E-state index contributed by atoms with van der Waals surface area (Å²) in [6.45, 7) is 2.21. The van der Waals surface area contributed by atoms with Crippen LogP contribution in [0.5, 0.6) is 0 Å². The van der Waals surface area contributed by atoms with Crippen molar-refractivity contribution in [3.63, 3.8) is 0 Å². The first-order valence-electron chi connectivity index (χ1n) is 3.27. The lowest BCUT2D eigenvalue weighted by Gasteiger charge is -1.85. The van der Waals surface area contributed by atoms with Crippen LogP contribution in [-0.2, 0) is 0 Å². The summed E-state index contributed by atoms with van der Waals surface area (Å²) in [6, 6.07) is 0. The third-order valence-electron chi connectivity index (χ3n) is 1.05. The summed E-state index contributed by atoms with van der Waals surface area (Å²) in [6.07, 6.45) is 6.05. The molecule has 0 saturated carbocycles. The van der Waals surface area contributed by atoms with Crippen LogP contribution < -0.4 is 0 Å². The maximum absolute atomic E-state index is 2.21. The summed E-state index contributed by atoms with van der Waals surface area (Å²) in [4.78, 5) is 0. The molecule has 1 nitrogen and oxygen atoms in total. The van der Waals surface area contributed by atoms with Crippen molar-refractivity contribution in [2.24, 2.45) is 0 Å². The van der Waals surface area contributed by atoms with Gasteiger partial charge in [-0.05, 0) is 6.42 Å². The lowest BCUT2D eigenvalue weighted by atomic mass is 10.3. The molecule has 8 heavy (non-hydrogen) atoms. The van der Waals surface area contributed by atoms with E-state index in [1.54, 1.807) is 0 Å². The third-order valence-corrected chi connectivity index (χ3v) is 1.05. The third kappa shape index (κ3) is 5.67. The van der Waals surface area contributed by atoms with E-state index in [2.05, 4.69) is 31.8 Å². The van der Waals surface area contributed by atoms with Gasteiger partial charge in [0.05, 0.1) is 0 Å². The Kier molecular flexibility index (Phi) is 4.62. The largest absolute Gasteiger partial charge is 0.245 e. The lowest BCUT2D eigenvalue weighted by Crippen LogP contribution is -1.97. The summed E-state index contributed by atoms with van der Waals surface area (Å²) in [5.74, 6) is 0. The minimum absolute atomic E-state index is 1.23. The van der Waals surface area contributed by atoms with E-state index in [1.165, 1.54) is 19.3 Å². The average molecular weight is 115 g/mol. The van der Waals surface area contributed by atoms with Crippen LogP contribution in [0.1, 0.15) is 26.2 Å². The molecule has 0 amide bonds. The van der Waals surface area contributed by atoms with Crippen LogP contribution in [-0.4, -0.2) is 24.9 Å². The van der Waals surface area contributed by atoms with Gasteiger partial charge in [0.15, 0.2) is 0 Å². The highest BCUT2D eigenvalue weighted by Crippen LogP contribution is 1.88. The van der Waals surface area contributed by atoms with E-state index in [9.17, 15) is 0 Å². The van der Waals surface area contributed by atoms with Crippen molar-refractivity contribution in [2.45, 2.75) is 26.2 Å². The first-order chi connectivity index (χ1) is 3.77. The van der Waals surface area contributed by atoms with Crippen LogP contribution in [0.2, 0.25) is 0 Å². The first-order valence-corrected chi connectivity index (χ1v) is 3.27. The summed E-state index contributed by atoms with van der Waals surface area (Å²) in [5, 5.41) is 0. The normalized spacial score (nSPS) is 8.88. The second kappa shape index (κ2) is 4.82. The van der Waals surface area contributed by atoms with E-state index in [4.69, 9.17) is 0 Å². The van der Waals surface area contributed by atoms with Crippen LogP contribution in [0.25, 0.3) is 0 Å². The summed E-state index contributed by atoms with van der Waals surface area (Å²) < 4.78 is 2.11. The molecule has 0 aromatic carbocycles.